The van der Waals surface area contributed by atoms with Crippen LogP contribution in [-0.4, -0.2) is 34.0 Å². The van der Waals surface area contributed by atoms with E-state index in [9.17, 15) is 13.2 Å². The lowest BCUT2D eigenvalue weighted by molar-refractivity contribution is -0.124. The fraction of sp³-hybridized carbons (Fsp3) is 0.240. The summed E-state index contributed by atoms with van der Waals surface area (Å²) in [6, 6.07) is 21.3. The summed E-state index contributed by atoms with van der Waals surface area (Å²) in [7, 11) is -2.15. The average Bonchev–Trinajstić information content (AvgIpc) is 3.23. The SMILES string of the molecule is Cc1ccc(S(=O)(=O)N(C)c2ccc(O[C@H](C)C(=O)N3CCc4ccccc43)cc2)cc1. The summed E-state index contributed by atoms with van der Waals surface area (Å²) in [5.74, 6) is 0.404. The van der Waals surface area contributed by atoms with E-state index in [1.54, 1.807) is 60.4 Å². The van der Waals surface area contributed by atoms with Crippen molar-refractivity contribution < 1.29 is 17.9 Å². The Bertz CT molecular complexity index is 1220. The van der Waals surface area contributed by atoms with Gasteiger partial charge in [0, 0.05) is 19.3 Å². The van der Waals surface area contributed by atoms with E-state index < -0.39 is 16.1 Å². The van der Waals surface area contributed by atoms with E-state index in [1.165, 1.54) is 11.4 Å². The third kappa shape index (κ3) is 4.21. The van der Waals surface area contributed by atoms with Crippen LogP contribution in [0.1, 0.15) is 18.1 Å². The smallest absolute Gasteiger partial charge is 0.267 e. The zero-order chi connectivity index (χ0) is 22.9. The van der Waals surface area contributed by atoms with E-state index in [0.717, 1.165) is 23.2 Å². The van der Waals surface area contributed by atoms with Gasteiger partial charge in [-0.3, -0.25) is 9.10 Å². The van der Waals surface area contributed by atoms with Gasteiger partial charge in [-0.25, -0.2) is 8.42 Å². The number of sulfonamides is 1. The number of carbonyl (C=O) groups is 1. The third-order valence-electron chi connectivity index (χ3n) is 5.69. The van der Waals surface area contributed by atoms with Crippen LogP contribution in [0.25, 0.3) is 0 Å². The first-order valence-corrected chi connectivity index (χ1v) is 11.9. The van der Waals surface area contributed by atoms with Crippen molar-refractivity contribution in [3.05, 3.63) is 83.9 Å². The first-order valence-electron chi connectivity index (χ1n) is 10.5. The minimum atomic E-state index is -3.67. The van der Waals surface area contributed by atoms with Crippen LogP contribution < -0.4 is 13.9 Å². The lowest BCUT2D eigenvalue weighted by atomic mass is 10.2. The highest BCUT2D eigenvalue weighted by molar-refractivity contribution is 7.92. The minimum absolute atomic E-state index is 0.0990. The normalized spacial score (nSPS) is 14.0. The summed E-state index contributed by atoms with van der Waals surface area (Å²) in [6.07, 6.45) is 0.173. The number of aryl methyl sites for hydroxylation is 1. The van der Waals surface area contributed by atoms with Gasteiger partial charge >= 0.3 is 0 Å². The lowest BCUT2D eigenvalue weighted by Crippen LogP contribution is -2.39. The molecular formula is C25H26N2O4S. The maximum absolute atomic E-state index is 12.9. The maximum Gasteiger partial charge on any atom is 0.267 e. The lowest BCUT2D eigenvalue weighted by Gasteiger charge is -2.23. The molecule has 0 saturated heterocycles. The molecule has 0 fully saturated rings. The molecule has 3 aromatic rings. The Balaban J connectivity index is 1.44. The monoisotopic (exact) mass is 450 g/mol. The second-order valence-electron chi connectivity index (χ2n) is 7.91. The van der Waals surface area contributed by atoms with E-state index in [2.05, 4.69) is 0 Å². The molecule has 0 N–H and O–H groups in total. The molecule has 6 nitrogen and oxygen atoms in total. The quantitative estimate of drug-likeness (QED) is 0.565. The molecule has 0 bridgehead atoms. The van der Waals surface area contributed by atoms with E-state index in [-0.39, 0.29) is 10.8 Å². The number of nitrogens with zero attached hydrogens (tertiary/aromatic N) is 2. The van der Waals surface area contributed by atoms with Crippen LogP contribution in [0.2, 0.25) is 0 Å². The predicted molar refractivity (Wildman–Crippen MR) is 126 cm³/mol. The van der Waals surface area contributed by atoms with Gasteiger partial charge in [-0.15, -0.1) is 0 Å². The number of ether oxygens (including phenoxy) is 1. The Morgan fingerprint density at radius 1 is 1.00 bits per heavy atom. The van der Waals surface area contributed by atoms with Gasteiger partial charge in [0.25, 0.3) is 15.9 Å². The van der Waals surface area contributed by atoms with Crippen molar-refractivity contribution in [1.82, 2.24) is 0 Å². The summed E-state index contributed by atoms with van der Waals surface area (Å²) in [4.78, 5) is 14.9. The molecule has 1 amide bonds. The van der Waals surface area contributed by atoms with Crippen molar-refractivity contribution in [2.45, 2.75) is 31.3 Å². The predicted octanol–water partition coefficient (Wildman–Crippen LogP) is 4.18. The van der Waals surface area contributed by atoms with E-state index in [4.69, 9.17) is 4.74 Å². The van der Waals surface area contributed by atoms with E-state index in [1.807, 2.05) is 31.2 Å². The molecule has 32 heavy (non-hydrogen) atoms. The Morgan fingerprint density at radius 2 is 1.66 bits per heavy atom. The molecule has 1 atom stereocenters. The van der Waals surface area contributed by atoms with Crippen molar-refractivity contribution in [2.24, 2.45) is 0 Å². The molecule has 4 rings (SSSR count). The number of hydrogen-bond acceptors (Lipinski definition) is 4. The standard InChI is InChI=1S/C25H26N2O4S/c1-18-8-14-23(15-9-18)32(29,30)26(3)21-10-12-22(13-11-21)31-19(2)25(28)27-17-16-20-6-4-5-7-24(20)27/h4-15,19H,16-17H2,1-3H3/t19-/m1/s1. The average molecular weight is 451 g/mol. The highest BCUT2D eigenvalue weighted by Gasteiger charge is 2.29. The first-order chi connectivity index (χ1) is 15.3. The second-order valence-corrected chi connectivity index (χ2v) is 9.88. The Hall–Kier alpha value is -3.32. The minimum Gasteiger partial charge on any atom is -0.481 e. The fourth-order valence-corrected chi connectivity index (χ4v) is 4.98. The van der Waals surface area contributed by atoms with Gasteiger partial charge in [0.15, 0.2) is 6.10 Å². The molecule has 1 aliphatic rings. The van der Waals surface area contributed by atoms with Gasteiger partial charge < -0.3 is 9.64 Å². The zero-order valence-corrected chi connectivity index (χ0v) is 19.2. The van der Waals surface area contributed by atoms with Crippen molar-refractivity contribution in [3.63, 3.8) is 0 Å². The van der Waals surface area contributed by atoms with Crippen molar-refractivity contribution in [2.75, 3.05) is 22.8 Å². The maximum atomic E-state index is 12.9. The number of rotatable bonds is 6. The molecule has 3 aromatic carbocycles. The Labute approximate surface area is 189 Å². The Kier molecular flexibility index (Phi) is 5.93. The molecule has 166 valence electrons. The zero-order valence-electron chi connectivity index (χ0n) is 18.4. The highest BCUT2D eigenvalue weighted by Crippen LogP contribution is 2.29. The molecule has 7 heteroatoms. The number of amides is 1. The topological polar surface area (TPSA) is 66.9 Å². The summed E-state index contributed by atoms with van der Waals surface area (Å²) in [6.45, 7) is 4.28. The van der Waals surface area contributed by atoms with Gasteiger partial charge in [0.1, 0.15) is 5.75 Å². The molecule has 0 spiro atoms. The van der Waals surface area contributed by atoms with Gasteiger partial charge in [0.05, 0.1) is 10.6 Å². The van der Waals surface area contributed by atoms with Crippen molar-refractivity contribution in [1.29, 1.82) is 0 Å². The molecule has 0 unspecified atom stereocenters. The van der Waals surface area contributed by atoms with Crippen LogP contribution in [-0.2, 0) is 21.2 Å². The molecule has 0 aromatic heterocycles. The van der Waals surface area contributed by atoms with Crippen molar-refractivity contribution in [3.8, 4) is 5.75 Å². The van der Waals surface area contributed by atoms with Crippen LogP contribution in [0.4, 0.5) is 11.4 Å². The number of para-hydroxylation sites is 1. The number of benzene rings is 3. The van der Waals surface area contributed by atoms with E-state index in [0.29, 0.717) is 18.0 Å². The third-order valence-corrected chi connectivity index (χ3v) is 7.49. The molecular weight excluding hydrogens is 424 g/mol. The number of fused-ring (bicyclic) bond motifs is 1. The summed E-state index contributed by atoms with van der Waals surface area (Å²) >= 11 is 0. The number of carbonyl (C=O) groups excluding carboxylic acids is 1. The van der Waals surface area contributed by atoms with Gasteiger partial charge in [-0.2, -0.15) is 0 Å². The van der Waals surface area contributed by atoms with E-state index >= 15 is 0 Å². The summed E-state index contributed by atoms with van der Waals surface area (Å²) in [5.41, 5.74) is 3.60. The Morgan fingerprint density at radius 3 is 2.34 bits per heavy atom. The number of hydrogen-bond donors (Lipinski definition) is 0. The van der Waals surface area contributed by atoms with Gasteiger partial charge in [0.2, 0.25) is 0 Å². The second kappa shape index (κ2) is 8.67. The summed E-state index contributed by atoms with van der Waals surface area (Å²) in [5, 5.41) is 0. The van der Waals surface area contributed by atoms with Crippen LogP contribution in [0.5, 0.6) is 5.75 Å². The molecule has 1 aliphatic heterocycles. The van der Waals surface area contributed by atoms with Crippen LogP contribution in [0.15, 0.2) is 77.7 Å². The number of anilines is 2. The molecule has 0 aliphatic carbocycles. The largest absolute Gasteiger partial charge is 0.481 e. The molecule has 1 heterocycles. The summed E-state index contributed by atoms with van der Waals surface area (Å²) < 4.78 is 32.9. The molecule has 0 saturated carbocycles. The van der Waals surface area contributed by atoms with Gasteiger partial charge in [-0.05, 0) is 68.3 Å². The highest BCUT2D eigenvalue weighted by atomic mass is 32.2. The van der Waals surface area contributed by atoms with Crippen LogP contribution in [0, 0.1) is 6.92 Å². The van der Waals surface area contributed by atoms with Crippen LogP contribution >= 0.6 is 0 Å². The van der Waals surface area contributed by atoms with Crippen molar-refractivity contribution >= 4 is 27.3 Å². The molecule has 0 radical (unpaired) electrons. The first kappa shape index (κ1) is 21.9. The van der Waals surface area contributed by atoms with Gasteiger partial charge in [-0.1, -0.05) is 35.9 Å². The van der Waals surface area contributed by atoms with Crippen LogP contribution in [0.3, 0.4) is 0 Å². The fourth-order valence-electron chi connectivity index (χ4n) is 3.78.